The Morgan fingerprint density at radius 1 is 1.29 bits per heavy atom. The van der Waals surface area contributed by atoms with Gasteiger partial charge in [0.2, 0.25) is 0 Å². The molecule has 106 valence electrons. The predicted octanol–water partition coefficient (Wildman–Crippen LogP) is 2.91. The van der Waals surface area contributed by atoms with E-state index in [0.717, 1.165) is 18.4 Å². The highest BCUT2D eigenvalue weighted by atomic mass is 16.5. The molecule has 1 aromatic heterocycles. The molecule has 3 rings (SSSR count). The fourth-order valence-corrected chi connectivity index (χ4v) is 2.65. The van der Waals surface area contributed by atoms with Crippen molar-refractivity contribution in [2.24, 2.45) is 0 Å². The molecule has 1 N–H and O–H groups in total. The summed E-state index contributed by atoms with van der Waals surface area (Å²) in [6.45, 7) is 0. The minimum atomic E-state index is -0.747. The quantitative estimate of drug-likeness (QED) is 0.938. The van der Waals surface area contributed by atoms with Crippen molar-refractivity contribution in [1.82, 2.24) is 10.5 Å². The van der Waals surface area contributed by atoms with Gasteiger partial charge in [0.25, 0.3) is 5.91 Å². The van der Waals surface area contributed by atoms with Crippen molar-refractivity contribution in [1.29, 1.82) is 5.26 Å². The van der Waals surface area contributed by atoms with Crippen molar-refractivity contribution in [3.05, 3.63) is 42.1 Å². The first-order chi connectivity index (χ1) is 10.2. The highest BCUT2D eigenvalue weighted by Crippen LogP contribution is 2.29. The summed E-state index contributed by atoms with van der Waals surface area (Å²) in [5.41, 5.74) is 0.318. The summed E-state index contributed by atoms with van der Waals surface area (Å²) in [6, 6.07) is 13.3. The van der Waals surface area contributed by atoms with Gasteiger partial charge in [0.05, 0.1) is 6.07 Å². The Labute approximate surface area is 122 Å². The molecular weight excluding hydrogens is 266 g/mol. The Balaban J connectivity index is 1.77. The van der Waals surface area contributed by atoms with E-state index >= 15 is 0 Å². The minimum absolute atomic E-state index is 0.204. The van der Waals surface area contributed by atoms with E-state index in [0.29, 0.717) is 18.6 Å². The van der Waals surface area contributed by atoms with Crippen LogP contribution in [-0.4, -0.2) is 16.6 Å². The minimum Gasteiger partial charge on any atom is -0.355 e. The van der Waals surface area contributed by atoms with Crippen LogP contribution in [0, 0.1) is 11.3 Å². The normalized spacial score (nSPS) is 16.3. The summed E-state index contributed by atoms with van der Waals surface area (Å²) >= 11 is 0. The van der Waals surface area contributed by atoms with Crippen LogP contribution in [0.2, 0.25) is 0 Å². The largest absolute Gasteiger partial charge is 0.355 e. The number of benzene rings is 1. The standard InChI is InChI=1S/C16H15N3O2/c17-11-16(8-4-5-9-16)18-15(20)13-10-14(21-19-13)12-6-2-1-3-7-12/h1-3,6-7,10H,4-5,8-9H2,(H,18,20). The molecule has 1 saturated carbocycles. The monoisotopic (exact) mass is 281 g/mol. The highest BCUT2D eigenvalue weighted by molar-refractivity contribution is 5.93. The Bertz CT molecular complexity index is 679. The lowest BCUT2D eigenvalue weighted by molar-refractivity contribution is 0.0911. The van der Waals surface area contributed by atoms with Crippen molar-refractivity contribution in [3.63, 3.8) is 0 Å². The fourth-order valence-electron chi connectivity index (χ4n) is 2.65. The van der Waals surface area contributed by atoms with Gasteiger partial charge in [-0.25, -0.2) is 0 Å². The van der Waals surface area contributed by atoms with Gasteiger partial charge in [-0.2, -0.15) is 5.26 Å². The van der Waals surface area contributed by atoms with Gasteiger partial charge in [-0.05, 0) is 25.7 Å². The summed E-state index contributed by atoms with van der Waals surface area (Å²) in [7, 11) is 0. The van der Waals surface area contributed by atoms with E-state index in [1.807, 2.05) is 30.3 Å². The van der Waals surface area contributed by atoms with Crippen LogP contribution in [0.25, 0.3) is 11.3 Å². The molecule has 1 amide bonds. The molecule has 1 fully saturated rings. The first-order valence-electron chi connectivity index (χ1n) is 6.98. The molecule has 1 aliphatic rings. The van der Waals surface area contributed by atoms with Crippen LogP contribution in [0.3, 0.4) is 0 Å². The molecule has 0 unspecified atom stereocenters. The van der Waals surface area contributed by atoms with Gasteiger partial charge < -0.3 is 9.84 Å². The van der Waals surface area contributed by atoms with E-state index in [-0.39, 0.29) is 11.6 Å². The van der Waals surface area contributed by atoms with E-state index in [1.165, 1.54) is 0 Å². The molecule has 0 aliphatic heterocycles. The van der Waals surface area contributed by atoms with Crippen LogP contribution in [0.5, 0.6) is 0 Å². The van der Waals surface area contributed by atoms with Gasteiger partial charge in [-0.1, -0.05) is 35.5 Å². The van der Waals surface area contributed by atoms with E-state index in [9.17, 15) is 10.1 Å². The Hall–Kier alpha value is -2.61. The molecule has 5 heteroatoms. The molecule has 2 aromatic rings. The summed E-state index contributed by atoms with van der Waals surface area (Å²) in [6.07, 6.45) is 3.31. The Morgan fingerprint density at radius 3 is 2.67 bits per heavy atom. The molecule has 1 aromatic carbocycles. The third-order valence-corrected chi connectivity index (χ3v) is 3.83. The number of hydrogen-bond acceptors (Lipinski definition) is 4. The van der Waals surface area contributed by atoms with E-state index in [1.54, 1.807) is 6.07 Å². The lowest BCUT2D eigenvalue weighted by Crippen LogP contribution is -2.45. The van der Waals surface area contributed by atoms with E-state index < -0.39 is 5.54 Å². The third kappa shape index (κ3) is 2.65. The second-order valence-electron chi connectivity index (χ2n) is 5.30. The third-order valence-electron chi connectivity index (χ3n) is 3.83. The summed E-state index contributed by atoms with van der Waals surface area (Å²) in [4.78, 5) is 12.2. The molecule has 0 radical (unpaired) electrons. The average molecular weight is 281 g/mol. The predicted molar refractivity (Wildman–Crippen MR) is 76.2 cm³/mol. The lowest BCUT2D eigenvalue weighted by Gasteiger charge is -2.20. The van der Waals surface area contributed by atoms with Gasteiger partial charge in [0, 0.05) is 11.6 Å². The van der Waals surface area contributed by atoms with Crippen LogP contribution in [0.4, 0.5) is 0 Å². The maximum absolute atomic E-state index is 12.2. The number of carbonyl (C=O) groups excluding carboxylic acids is 1. The van der Waals surface area contributed by atoms with Gasteiger partial charge in [0.15, 0.2) is 11.5 Å². The Kier molecular flexibility index (Phi) is 3.44. The second-order valence-corrected chi connectivity index (χ2v) is 5.30. The number of rotatable bonds is 3. The molecule has 0 bridgehead atoms. The highest BCUT2D eigenvalue weighted by Gasteiger charge is 2.36. The average Bonchev–Trinajstić information content (AvgIpc) is 3.18. The number of nitrogens with one attached hydrogen (secondary N) is 1. The zero-order valence-electron chi connectivity index (χ0n) is 11.5. The van der Waals surface area contributed by atoms with Crippen molar-refractivity contribution in [2.45, 2.75) is 31.2 Å². The molecule has 5 nitrogen and oxygen atoms in total. The molecule has 21 heavy (non-hydrogen) atoms. The topological polar surface area (TPSA) is 78.9 Å². The van der Waals surface area contributed by atoms with Gasteiger partial charge in [0.1, 0.15) is 5.54 Å². The maximum atomic E-state index is 12.2. The van der Waals surface area contributed by atoms with Crippen LogP contribution in [0.1, 0.15) is 36.2 Å². The molecule has 0 spiro atoms. The van der Waals surface area contributed by atoms with E-state index in [4.69, 9.17) is 4.52 Å². The molecule has 0 saturated heterocycles. The SMILES string of the molecule is N#CC1(NC(=O)c2cc(-c3ccccc3)on2)CCCC1. The zero-order chi connectivity index (χ0) is 14.7. The van der Waals surface area contributed by atoms with Gasteiger partial charge in [-0.15, -0.1) is 0 Å². The molecular formula is C16H15N3O2. The lowest BCUT2D eigenvalue weighted by atomic mass is 9.99. The van der Waals surface area contributed by atoms with Crippen LogP contribution in [-0.2, 0) is 0 Å². The summed E-state index contributed by atoms with van der Waals surface area (Å²) in [5.74, 6) is 0.183. The number of nitrogens with zero attached hydrogens (tertiary/aromatic N) is 2. The summed E-state index contributed by atoms with van der Waals surface area (Å²) < 4.78 is 5.21. The number of hydrogen-bond donors (Lipinski definition) is 1. The van der Waals surface area contributed by atoms with Crippen LogP contribution in [0.15, 0.2) is 40.9 Å². The Morgan fingerprint density at radius 2 is 2.00 bits per heavy atom. The zero-order valence-corrected chi connectivity index (χ0v) is 11.5. The van der Waals surface area contributed by atoms with Gasteiger partial charge >= 0.3 is 0 Å². The van der Waals surface area contributed by atoms with Crippen molar-refractivity contribution < 1.29 is 9.32 Å². The van der Waals surface area contributed by atoms with Crippen molar-refractivity contribution in [3.8, 4) is 17.4 Å². The number of carbonyl (C=O) groups is 1. The fraction of sp³-hybridized carbons (Fsp3) is 0.312. The number of nitriles is 1. The first kappa shape index (κ1) is 13.4. The molecule has 1 heterocycles. The molecule has 1 aliphatic carbocycles. The van der Waals surface area contributed by atoms with Crippen LogP contribution < -0.4 is 5.32 Å². The van der Waals surface area contributed by atoms with E-state index in [2.05, 4.69) is 16.5 Å². The smallest absolute Gasteiger partial charge is 0.274 e. The number of amides is 1. The second kappa shape index (κ2) is 5.41. The maximum Gasteiger partial charge on any atom is 0.274 e. The summed E-state index contributed by atoms with van der Waals surface area (Å²) in [5, 5.41) is 15.9. The number of aromatic nitrogens is 1. The first-order valence-corrected chi connectivity index (χ1v) is 6.98. The van der Waals surface area contributed by atoms with Gasteiger partial charge in [-0.3, -0.25) is 4.79 Å². The van der Waals surface area contributed by atoms with Crippen LogP contribution >= 0.6 is 0 Å². The van der Waals surface area contributed by atoms with Crippen molar-refractivity contribution in [2.75, 3.05) is 0 Å². The molecule has 0 atom stereocenters. The van der Waals surface area contributed by atoms with Crippen molar-refractivity contribution >= 4 is 5.91 Å².